The van der Waals surface area contributed by atoms with E-state index in [4.69, 9.17) is 0 Å². The molecule has 0 saturated heterocycles. The van der Waals surface area contributed by atoms with Gasteiger partial charge in [-0.25, -0.2) is 8.42 Å². The molecular weight excluding hydrogens is 274 g/mol. The van der Waals surface area contributed by atoms with Crippen LogP contribution in [0.15, 0.2) is 36.5 Å². The minimum absolute atomic E-state index is 0.241. The first-order valence-electron chi connectivity index (χ1n) is 6.76. The van der Waals surface area contributed by atoms with Crippen LogP contribution in [-0.2, 0) is 10.0 Å². The second-order valence-electron chi connectivity index (χ2n) is 5.10. The predicted molar refractivity (Wildman–Crippen MR) is 78.8 cm³/mol. The van der Waals surface area contributed by atoms with E-state index in [0.717, 1.165) is 36.9 Å². The first kappa shape index (κ1) is 13.2. The van der Waals surface area contributed by atoms with Gasteiger partial charge in [0.25, 0.3) is 0 Å². The van der Waals surface area contributed by atoms with Gasteiger partial charge in [-0.15, -0.1) is 0 Å². The highest BCUT2D eigenvalue weighted by Crippen LogP contribution is 2.27. The third-order valence-corrected chi connectivity index (χ3v) is 5.57. The van der Waals surface area contributed by atoms with Gasteiger partial charge in [0.1, 0.15) is 0 Å². The van der Waals surface area contributed by atoms with Crippen molar-refractivity contribution in [3.05, 3.63) is 36.5 Å². The van der Waals surface area contributed by atoms with E-state index in [9.17, 15) is 8.42 Å². The molecule has 20 heavy (non-hydrogen) atoms. The summed E-state index contributed by atoms with van der Waals surface area (Å²) in [5.41, 5.74) is 2.50. The Morgan fingerprint density at radius 1 is 1.10 bits per heavy atom. The first-order valence-corrected chi connectivity index (χ1v) is 8.31. The maximum atomic E-state index is 12.2. The molecule has 5 nitrogen and oxygen atoms in total. The monoisotopic (exact) mass is 291 g/mol. The molecular formula is C14H17N3O2S. The normalized spacial score (nSPS) is 16.4. The van der Waals surface area contributed by atoms with E-state index in [1.165, 1.54) is 0 Å². The lowest BCUT2D eigenvalue weighted by Crippen LogP contribution is -2.25. The zero-order valence-electron chi connectivity index (χ0n) is 11.0. The van der Waals surface area contributed by atoms with E-state index in [1.807, 2.05) is 18.2 Å². The van der Waals surface area contributed by atoms with Crippen LogP contribution in [0.4, 0.5) is 5.69 Å². The Kier molecular flexibility index (Phi) is 3.48. The van der Waals surface area contributed by atoms with Crippen LogP contribution in [-0.4, -0.2) is 23.9 Å². The molecule has 1 saturated carbocycles. The highest BCUT2D eigenvalue weighted by atomic mass is 32.2. The molecule has 1 aliphatic carbocycles. The Bertz CT molecular complexity index is 657. The van der Waals surface area contributed by atoms with Gasteiger partial charge in [-0.2, -0.15) is 5.10 Å². The number of anilines is 1. The standard InChI is InChI=1S/C14H17N3O2S/c18-20(19,13-3-1-2-4-13)17-12-7-5-11(6-8-12)14-9-10-15-16-14/h5-10,13,17H,1-4H2,(H,15,16). The average Bonchev–Trinajstić information content (AvgIpc) is 3.13. The predicted octanol–water partition coefficient (Wildman–Crippen LogP) is 2.76. The van der Waals surface area contributed by atoms with Crippen molar-refractivity contribution in [2.24, 2.45) is 0 Å². The highest BCUT2D eigenvalue weighted by molar-refractivity contribution is 7.93. The van der Waals surface area contributed by atoms with Crippen LogP contribution < -0.4 is 4.72 Å². The van der Waals surface area contributed by atoms with Gasteiger partial charge in [0.15, 0.2) is 0 Å². The van der Waals surface area contributed by atoms with E-state index in [0.29, 0.717) is 5.69 Å². The van der Waals surface area contributed by atoms with Gasteiger partial charge in [-0.3, -0.25) is 9.82 Å². The maximum absolute atomic E-state index is 12.2. The number of H-pyrrole nitrogens is 1. The number of sulfonamides is 1. The minimum Gasteiger partial charge on any atom is -0.283 e. The van der Waals surface area contributed by atoms with Crippen LogP contribution in [0.1, 0.15) is 25.7 Å². The molecule has 1 aliphatic rings. The lowest BCUT2D eigenvalue weighted by molar-refractivity contribution is 0.585. The summed E-state index contributed by atoms with van der Waals surface area (Å²) in [6, 6.07) is 9.18. The molecule has 1 fully saturated rings. The van der Waals surface area contributed by atoms with Crippen molar-refractivity contribution < 1.29 is 8.42 Å². The van der Waals surface area contributed by atoms with Crippen LogP contribution in [0, 0.1) is 0 Å². The minimum atomic E-state index is -3.25. The van der Waals surface area contributed by atoms with Gasteiger partial charge in [0.2, 0.25) is 10.0 Å². The van der Waals surface area contributed by atoms with Crippen molar-refractivity contribution in [1.29, 1.82) is 0 Å². The van der Waals surface area contributed by atoms with Crippen molar-refractivity contribution in [2.75, 3.05) is 4.72 Å². The van der Waals surface area contributed by atoms with Gasteiger partial charge < -0.3 is 0 Å². The van der Waals surface area contributed by atoms with Crippen molar-refractivity contribution in [2.45, 2.75) is 30.9 Å². The summed E-state index contributed by atoms with van der Waals surface area (Å²) in [6.07, 6.45) is 5.23. The van der Waals surface area contributed by atoms with Gasteiger partial charge in [-0.1, -0.05) is 25.0 Å². The molecule has 0 atom stereocenters. The smallest absolute Gasteiger partial charge is 0.235 e. The van der Waals surface area contributed by atoms with Crippen LogP contribution in [0.25, 0.3) is 11.3 Å². The fourth-order valence-corrected chi connectivity index (χ4v) is 4.17. The Morgan fingerprint density at radius 3 is 2.40 bits per heavy atom. The molecule has 0 bridgehead atoms. The molecule has 0 unspecified atom stereocenters. The summed E-state index contributed by atoms with van der Waals surface area (Å²) >= 11 is 0. The van der Waals surface area contributed by atoms with E-state index in [2.05, 4.69) is 14.9 Å². The van der Waals surface area contributed by atoms with E-state index < -0.39 is 10.0 Å². The average molecular weight is 291 g/mol. The Balaban J connectivity index is 1.75. The molecule has 0 spiro atoms. The number of nitrogens with one attached hydrogen (secondary N) is 2. The Hall–Kier alpha value is -1.82. The highest BCUT2D eigenvalue weighted by Gasteiger charge is 2.28. The molecule has 0 radical (unpaired) electrons. The van der Waals surface area contributed by atoms with Gasteiger partial charge in [-0.05, 0) is 36.6 Å². The molecule has 6 heteroatoms. The maximum Gasteiger partial charge on any atom is 0.235 e. The zero-order valence-corrected chi connectivity index (χ0v) is 11.9. The number of aromatic amines is 1. The number of benzene rings is 1. The van der Waals surface area contributed by atoms with E-state index in [1.54, 1.807) is 18.3 Å². The van der Waals surface area contributed by atoms with Crippen molar-refractivity contribution in [3.63, 3.8) is 0 Å². The summed E-state index contributed by atoms with van der Waals surface area (Å²) < 4.78 is 27.1. The van der Waals surface area contributed by atoms with Crippen molar-refractivity contribution in [3.8, 4) is 11.3 Å². The second-order valence-corrected chi connectivity index (χ2v) is 7.06. The summed E-state index contributed by atoms with van der Waals surface area (Å²) in [5, 5.41) is 6.53. The summed E-state index contributed by atoms with van der Waals surface area (Å²) in [7, 11) is -3.25. The topological polar surface area (TPSA) is 74.8 Å². The van der Waals surface area contributed by atoms with Gasteiger partial charge >= 0.3 is 0 Å². The molecule has 3 rings (SSSR count). The van der Waals surface area contributed by atoms with Crippen LogP contribution in [0.2, 0.25) is 0 Å². The molecule has 1 heterocycles. The fraction of sp³-hybridized carbons (Fsp3) is 0.357. The SMILES string of the molecule is O=S(=O)(Nc1ccc(-c2ccn[nH]2)cc1)C1CCCC1. The molecule has 2 N–H and O–H groups in total. The lowest BCUT2D eigenvalue weighted by atomic mass is 10.1. The first-order chi connectivity index (χ1) is 9.65. The number of rotatable bonds is 4. The molecule has 0 amide bonds. The molecule has 2 aromatic rings. The lowest BCUT2D eigenvalue weighted by Gasteiger charge is -2.13. The molecule has 1 aromatic carbocycles. The van der Waals surface area contributed by atoms with E-state index >= 15 is 0 Å². The summed E-state index contributed by atoms with van der Waals surface area (Å²) in [5.74, 6) is 0. The van der Waals surface area contributed by atoms with Gasteiger partial charge in [0.05, 0.1) is 10.9 Å². The molecule has 0 aliphatic heterocycles. The van der Waals surface area contributed by atoms with Crippen LogP contribution in [0.5, 0.6) is 0 Å². The Labute approximate surface area is 118 Å². The fourth-order valence-electron chi connectivity index (χ4n) is 2.58. The number of nitrogens with zero attached hydrogens (tertiary/aromatic N) is 1. The van der Waals surface area contributed by atoms with Crippen molar-refractivity contribution >= 4 is 15.7 Å². The number of hydrogen-bond donors (Lipinski definition) is 2. The third-order valence-electron chi connectivity index (χ3n) is 3.70. The number of aromatic nitrogens is 2. The van der Waals surface area contributed by atoms with Crippen molar-refractivity contribution in [1.82, 2.24) is 10.2 Å². The number of hydrogen-bond acceptors (Lipinski definition) is 3. The van der Waals surface area contributed by atoms with Crippen LogP contribution in [0.3, 0.4) is 0 Å². The zero-order chi connectivity index (χ0) is 14.0. The largest absolute Gasteiger partial charge is 0.283 e. The van der Waals surface area contributed by atoms with Gasteiger partial charge in [0, 0.05) is 11.9 Å². The molecule has 1 aromatic heterocycles. The molecule has 106 valence electrons. The third kappa shape index (κ3) is 2.70. The Morgan fingerprint density at radius 2 is 1.80 bits per heavy atom. The summed E-state index contributed by atoms with van der Waals surface area (Å²) in [6.45, 7) is 0. The van der Waals surface area contributed by atoms with Crippen LogP contribution >= 0.6 is 0 Å². The quantitative estimate of drug-likeness (QED) is 0.909. The summed E-state index contributed by atoms with van der Waals surface area (Å²) in [4.78, 5) is 0. The second kappa shape index (κ2) is 5.28. The van der Waals surface area contributed by atoms with E-state index in [-0.39, 0.29) is 5.25 Å².